The molecule has 0 radical (unpaired) electrons. The van der Waals surface area contributed by atoms with Gasteiger partial charge in [0.1, 0.15) is 12.2 Å². The van der Waals surface area contributed by atoms with Gasteiger partial charge in [0.15, 0.2) is 0 Å². The predicted octanol–water partition coefficient (Wildman–Crippen LogP) is 3.44. The third-order valence-corrected chi connectivity index (χ3v) is 3.52. The van der Waals surface area contributed by atoms with Gasteiger partial charge < -0.3 is 5.32 Å². The fourth-order valence-corrected chi connectivity index (χ4v) is 2.40. The van der Waals surface area contributed by atoms with Gasteiger partial charge in [0.2, 0.25) is 0 Å². The summed E-state index contributed by atoms with van der Waals surface area (Å²) in [7, 11) is 0. The summed E-state index contributed by atoms with van der Waals surface area (Å²) >= 11 is 6.21. The van der Waals surface area contributed by atoms with Crippen molar-refractivity contribution in [3.8, 4) is 0 Å². The third kappa shape index (κ3) is 3.81. The molecule has 0 aliphatic rings. The van der Waals surface area contributed by atoms with Gasteiger partial charge in [0, 0.05) is 17.6 Å². The smallest absolute Gasteiger partial charge is 0.140 e. The van der Waals surface area contributed by atoms with Crippen LogP contribution in [0.4, 0.5) is 0 Å². The van der Waals surface area contributed by atoms with Gasteiger partial charge in [-0.2, -0.15) is 5.10 Å². The van der Waals surface area contributed by atoms with Crippen molar-refractivity contribution in [1.82, 2.24) is 20.1 Å². The van der Waals surface area contributed by atoms with Crippen LogP contribution in [0, 0.1) is 5.92 Å². The van der Waals surface area contributed by atoms with Crippen LogP contribution in [0.15, 0.2) is 30.6 Å². The van der Waals surface area contributed by atoms with Crippen LogP contribution in [0.5, 0.6) is 0 Å². The molecule has 0 aliphatic heterocycles. The van der Waals surface area contributed by atoms with E-state index in [0.29, 0.717) is 12.5 Å². The van der Waals surface area contributed by atoms with Crippen molar-refractivity contribution in [2.24, 2.45) is 5.92 Å². The maximum atomic E-state index is 6.21. The maximum Gasteiger partial charge on any atom is 0.140 e. The highest BCUT2D eigenvalue weighted by Crippen LogP contribution is 2.22. The lowest BCUT2D eigenvalue weighted by Gasteiger charge is -2.16. The zero-order valence-corrected chi connectivity index (χ0v) is 12.9. The van der Waals surface area contributed by atoms with Crippen LogP contribution in [-0.4, -0.2) is 14.8 Å². The summed E-state index contributed by atoms with van der Waals surface area (Å²) in [5.74, 6) is 1.51. The Bertz CT molecular complexity index is 550. The lowest BCUT2D eigenvalue weighted by atomic mass is 10.1. The van der Waals surface area contributed by atoms with Gasteiger partial charge in [-0.25, -0.2) is 9.67 Å². The van der Waals surface area contributed by atoms with Gasteiger partial charge in [0.05, 0.1) is 6.54 Å². The van der Waals surface area contributed by atoms with E-state index in [-0.39, 0.29) is 6.04 Å². The first-order valence-electron chi connectivity index (χ1n) is 6.92. The van der Waals surface area contributed by atoms with Crippen molar-refractivity contribution in [2.45, 2.75) is 39.9 Å². The number of nitrogens with one attached hydrogen (secondary N) is 1. The van der Waals surface area contributed by atoms with Gasteiger partial charge in [-0.3, -0.25) is 0 Å². The molecule has 0 fully saturated rings. The minimum atomic E-state index is 0.174. The summed E-state index contributed by atoms with van der Waals surface area (Å²) in [5.41, 5.74) is 1.10. The normalized spacial score (nSPS) is 12.8. The van der Waals surface area contributed by atoms with E-state index in [1.165, 1.54) is 0 Å². The third-order valence-electron chi connectivity index (χ3n) is 3.17. The van der Waals surface area contributed by atoms with E-state index < -0.39 is 0 Å². The topological polar surface area (TPSA) is 42.7 Å². The summed E-state index contributed by atoms with van der Waals surface area (Å²) in [4.78, 5) is 4.31. The summed E-state index contributed by atoms with van der Waals surface area (Å²) in [6, 6.07) is 8.07. The largest absolute Gasteiger partial charge is 0.303 e. The van der Waals surface area contributed by atoms with E-state index in [0.717, 1.165) is 23.0 Å². The van der Waals surface area contributed by atoms with Crippen molar-refractivity contribution in [3.63, 3.8) is 0 Å². The molecule has 1 atom stereocenters. The Morgan fingerprint density at radius 3 is 2.70 bits per heavy atom. The number of hydrogen-bond donors (Lipinski definition) is 1. The minimum absolute atomic E-state index is 0.174. The molecule has 0 saturated carbocycles. The van der Waals surface area contributed by atoms with Crippen molar-refractivity contribution in [3.05, 3.63) is 47.0 Å². The first-order chi connectivity index (χ1) is 9.58. The Labute approximate surface area is 125 Å². The van der Waals surface area contributed by atoms with Crippen LogP contribution in [0.3, 0.4) is 0 Å². The molecular weight excluding hydrogens is 272 g/mol. The quantitative estimate of drug-likeness (QED) is 0.887. The number of halogens is 1. The van der Waals surface area contributed by atoms with Crippen molar-refractivity contribution in [2.75, 3.05) is 0 Å². The number of rotatable bonds is 6. The average molecular weight is 293 g/mol. The number of nitrogens with zero attached hydrogens (tertiary/aromatic N) is 3. The molecule has 2 aromatic rings. The average Bonchev–Trinajstić information content (AvgIpc) is 2.83. The first kappa shape index (κ1) is 15.0. The van der Waals surface area contributed by atoms with Crippen LogP contribution in [-0.2, 0) is 13.1 Å². The van der Waals surface area contributed by atoms with E-state index in [1.54, 1.807) is 6.33 Å². The van der Waals surface area contributed by atoms with Crippen molar-refractivity contribution < 1.29 is 0 Å². The highest BCUT2D eigenvalue weighted by atomic mass is 35.5. The Morgan fingerprint density at radius 1 is 1.25 bits per heavy atom. The highest BCUT2D eigenvalue weighted by Gasteiger charge is 2.11. The maximum absolute atomic E-state index is 6.21. The van der Waals surface area contributed by atoms with Gasteiger partial charge in [-0.1, -0.05) is 43.6 Å². The summed E-state index contributed by atoms with van der Waals surface area (Å²) in [6.07, 6.45) is 1.61. The SMILES string of the molecule is CC(C)Cn1ncnc1CN[C@H](C)c1ccccc1Cl. The fraction of sp³-hybridized carbons (Fsp3) is 0.467. The first-order valence-corrected chi connectivity index (χ1v) is 7.30. The second kappa shape index (κ2) is 6.86. The van der Waals surface area contributed by atoms with Crippen molar-refractivity contribution in [1.29, 1.82) is 0 Å². The highest BCUT2D eigenvalue weighted by molar-refractivity contribution is 6.31. The standard InChI is InChI=1S/C15H21ClN4/c1-11(2)9-20-15(18-10-19-20)8-17-12(3)13-6-4-5-7-14(13)16/h4-7,10-12,17H,8-9H2,1-3H3/t12-/m1/s1. The monoisotopic (exact) mass is 292 g/mol. The van der Waals surface area contributed by atoms with Crippen LogP contribution in [0.25, 0.3) is 0 Å². The van der Waals surface area contributed by atoms with E-state index in [9.17, 15) is 0 Å². The van der Waals surface area contributed by atoms with Crippen LogP contribution >= 0.6 is 11.6 Å². The van der Waals surface area contributed by atoms with Gasteiger partial charge in [-0.05, 0) is 24.5 Å². The molecule has 1 aromatic heterocycles. The molecule has 1 aromatic carbocycles. The second-order valence-corrected chi connectivity index (χ2v) is 5.78. The van der Waals surface area contributed by atoms with E-state index in [1.807, 2.05) is 28.9 Å². The van der Waals surface area contributed by atoms with Crippen LogP contribution < -0.4 is 5.32 Å². The molecule has 0 amide bonds. The molecule has 4 nitrogen and oxygen atoms in total. The Morgan fingerprint density at radius 2 is 2.00 bits per heavy atom. The molecule has 2 rings (SSSR count). The molecule has 1 heterocycles. The Balaban J connectivity index is 1.99. The van der Waals surface area contributed by atoms with Crippen LogP contribution in [0.2, 0.25) is 5.02 Å². The van der Waals surface area contributed by atoms with E-state index >= 15 is 0 Å². The molecule has 108 valence electrons. The summed E-state index contributed by atoms with van der Waals surface area (Å²) < 4.78 is 1.96. The Kier molecular flexibility index (Phi) is 5.15. The molecule has 0 aliphatic carbocycles. The van der Waals surface area contributed by atoms with E-state index in [2.05, 4.69) is 36.2 Å². The van der Waals surface area contributed by atoms with Gasteiger partial charge >= 0.3 is 0 Å². The molecule has 1 N–H and O–H groups in total. The molecule has 0 spiro atoms. The fourth-order valence-electron chi connectivity index (χ4n) is 2.10. The lowest BCUT2D eigenvalue weighted by Crippen LogP contribution is -2.22. The molecule has 5 heteroatoms. The second-order valence-electron chi connectivity index (χ2n) is 5.38. The molecule has 0 unspecified atom stereocenters. The summed E-state index contributed by atoms with van der Waals surface area (Å²) in [6.45, 7) is 8.01. The lowest BCUT2D eigenvalue weighted by molar-refractivity contribution is 0.449. The number of hydrogen-bond acceptors (Lipinski definition) is 3. The zero-order chi connectivity index (χ0) is 14.5. The Hall–Kier alpha value is -1.39. The number of aromatic nitrogens is 3. The molecule has 0 bridgehead atoms. The van der Waals surface area contributed by atoms with E-state index in [4.69, 9.17) is 11.6 Å². The zero-order valence-electron chi connectivity index (χ0n) is 12.2. The van der Waals surface area contributed by atoms with Gasteiger partial charge in [-0.15, -0.1) is 0 Å². The molecule has 20 heavy (non-hydrogen) atoms. The molecular formula is C15H21ClN4. The van der Waals surface area contributed by atoms with Crippen molar-refractivity contribution >= 4 is 11.6 Å². The van der Waals surface area contributed by atoms with Gasteiger partial charge in [0.25, 0.3) is 0 Å². The predicted molar refractivity (Wildman–Crippen MR) is 81.6 cm³/mol. The summed E-state index contributed by atoms with van der Waals surface area (Å²) in [5, 5.41) is 8.50. The number of benzene rings is 1. The van der Waals surface area contributed by atoms with Crippen LogP contribution in [0.1, 0.15) is 38.2 Å². The molecule has 0 saturated heterocycles. The minimum Gasteiger partial charge on any atom is -0.303 e.